The maximum atomic E-state index is 11.6. The van der Waals surface area contributed by atoms with Crippen molar-refractivity contribution in [2.75, 3.05) is 13.2 Å². The van der Waals surface area contributed by atoms with Gasteiger partial charge in [0.1, 0.15) is 33.8 Å². The van der Waals surface area contributed by atoms with Gasteiger partial charge in [-0.15, -0.1) is 0 Å². The van der Waals surface area contributed by atoms with E-state index in [1.807, 2.05) is 12.1 Å². The molecule has 0 bridgehead atoms. The number of unbranched alkanes of at least 4 members (excludes halogenated alkanes) is 3. The lowest BCUT2D eigenvalue weighted by atomic mass is 10.1. The molecule has 0 N–H and O–H groups in total. The number of ether oxygens (including phenoxy) is 2. The van der Waals surface area contributed by atoms with Gasteiger partial charge >= 0.3 is 11.3 Å². The second-order valence-electron chi connectivity index (χ2n) is 8.52. The summed E-state index contributed by atoms with van der Waals surface area (Å²) in [4.78, 5) is 23.2. The van der Waals surface area contributed by atoms with Crippen molar-refractivity contribution in [2.24, 2.45) is 0 Å². The molecule has 6 rings (SSSR count). The Bertz CT molecular complexity index is 1670. The molecule has 0 saturated carbocycles. The van der Waals surface area contributed by atoms with Crippen LogP contribution in [0.1, 0.15) is 25.7 Å². The van der Waals surface area contributed by atoms with Crippen molar-refractivity contribution in [3.05, 3.63) is 81.9 Å². The SMILES string of the molecule is O=c1ccc2c(OCCCCCCOc3c4ccoc4cc4oc(=O)ccc34)c3ccoc3cc2o1. The van der Waals surface area contributed by atoms with Gasteiger partial charge in [0, 0.05) is 24.3 Å². The van der Waals surface area contributed by atoms with Crippen LogP contribution < -0.4 is 20.7 Å². The Hall–Kier alpha value is -4.46. The molecule has 0 aliphatic carbocycles. The van der Waals surface area contributed by atoms with Crippen molar-refractivity contribution in [1.82, 2.24) is 0 Å². The summed E-state index contributed by atoms with van der Waals surface area (Å²) in [6.07, 6.45) is 6.83. The van der Waals surface area contributed by atoms with Crippen molar-refractivity contribution in [3.8, 4) is 11.5 Å². The number of furan rings is 2. The van der Waals surface area contributed by atoms with Crippen LogP contribution in [-0.4, -0.2) is 13.2 Å². The van der Waals surface area contributed by atoms with Crippen LogP contribution in [0.5, 0.6) is 11.5 Å². The second kappa shape index (κ2) is 9.30. The molecule has 0 amide bonds. The number of hydrogen-bond donors (Lipinski definition) is 0. The molecule has 0 spiro atoms. The van der Waals surface area contributed by atoms with E-state index in [2.05, 4.69) is 0 Å². The van der Waals surface area contributed by atoms with Crippen molar-refractivity contribution in [3.63, 3.8) is 0 Å². The lowest BCUT2D eigenvalue weighted by Crippen LogP contribution is -2.02. The van der Waals surface area contributed by atoms with Crippen LogP contribution in [0.3, 0.4) is 0 Å². The average molecular weight is 486 g/mol. The molecule has 2 aromatic carbocycles. The zero-order valence-electron chi connectivity index (χ0n) is 19.3. The monoisotopic (exact) mass is 486 g/mol. The molecule has 4 heterocycles. The summed E-state index contributed by atoms with van der Waals surface area (Å²) in [7, 11) is 0. The van der Waals surface area contributed by atoms with Gasteiger partial charge in [-0.3, -0.25) is 0 Å². The van der Waals surface area contributed by atoms with E-state index in [1.54, 1.807) is 36.8 Å². The zero-order chi connectivity index (χ0) is 24.5. The molecular weight excluding hydrogens is 464 g/mol. The van der Waals surface area contributed by atoms with Crippen molar-refractivity contribution in [1.29, 1.82) is 0 Å². The zero-order valence-corrected chi connectivity index (χ0v) is 19.3. The van der Waals surface area contributed by atoms with E-state index in [9.17, 15) is 9.59 Å². The molecule has 6 aromatic rings. The molecule has 0 fully saturated rings. The molecule has 0 aliphatic heterocycles. The van der Waals surface area contributed by atoms with Gasteiger partial charge in [0.15, 0.2) is 0 Å². The molecule has 8 heteroatoms. The second-order valence-corrected chi connectivity index (χ2v) is 8.52. The van der Waals surface area contributed by atoms with Crippen LogP contribution in [0.4, 0.5) is 0 Å². The number of benzene rings is 2. The Labute approximate surface area is 203 Å². The van der Waals surface area contributed by atoms with E-state index in [4.69, 9.17) is 27.1 Å². The van der Waals surface area contributed by atoms with Crippen LogP contribution in [0, 0.1) is 0 Å². The minimum Gasteiger partial charge on any atom is -0.492 e. The summed E-state index contributed by atoms with van der Waals surface area (Å²) in [6.45, 7) is 1.05. The Balaban J connectivity index is 1.05. The van der Waals surface area contributed by atoms with Gasteiger partial charge in [0.25, 0.3) is 0 Å². The van der Waals surface area contributed by atoms with Crippen LogP contribution in [0.25, 0.3) is 43.9 Å². The predicted molar refractivity (Wildman–Crippen MR) is 134 cm³/mol. The van der Waals surface area contributed by atoms with Gasteiger partial charge in [-0.25, -0.2) is 9.59 Å². The molecular formula is C28H22O8. The third-order valence-electron chi connectivity index (χ3n) is 6.15. The van der Waals surface area contributed by atoms with Gasteiger partial charge in [-0.05, 0) is 49.9 Å². The molecule has 36 heavy (non-hydrogen) atoms. The highest BCUT2D eigenvalue weighted by molar-refractivity contribution is 6.02. The number of rotatable bonds is 9. The lowest BCUT2D eigenvalue weighted by molar-refractivity contribution is 0.293. The summed E-state index contributed by atoms with van der Waals surface area (Å²) < 4.78 is 33.8. The quantitative estimate of drug-likeness (QED) is 0.170. The van der Waals surface area contributed by atoms with Crippen molar-refractivity contribution in [2.45, 2.75) is 25.7 Å². The summed E-state index contributed by atoms with van der Waals surface area (Å²) in [5, 5.41) is 3.18. The van der Waals surface area contributed by atoms with Crippen LogP contribution >= 0.6 is 0 Å². The van der Waals surface area contributed by atoms with E-state index < -0.39 is 11.3 Å². The molecule has 4 aromatic heterocycles. The number of fused-ring (bicyclic) bond motifs is 4. The van der Waals surface area contributed by atoms with E-state index >= 15 is 0 Å². The fourth-order valence-corrected chi connectivity index (χ4v) is 4.44. The molecule has 0 aliphatic rings. The first kappa shape index (κ1) is 22.0. The summed E-state index contributed by atoms with van der Waals surface area (Å²) >= 11 is 0. The predicted octanol–water partition coefficient (Wildman–Crippen LogP) is 6.41. The standard InChI is InChI=1S/C28H22O8/c29-25-7-5-17-23(35-25)15-21-19(9-13-31-21)27(17)33-11-3-1-2-4-12-34-28-18-6-8-26(30)36-24(18)16-22-20(28)10-14-32-22/h5-10,13-16H,1-4,11-12H2. The van der Waals surface area contributed by atoms with Gasteiger partial charge in [0.2, 0.25) is 0 Å². The van der Waals surface area contributed by atoms with Crippen molar-refractivity contribution < 1.29 is 27.1 Å². The number of hydrogen-bond acceptors (Lipinski definition) is 8. The highest BCUT2D eigenvalue weighted by atomic mass is 16.5. The smallest absolute Gasteiger partial charge is 0.336 e. The Morgan fingerprint density at radius 1 is 0.528 bits per heavy atom. The Kier molecular flexibility index (Phi) is 5.69. The molecule has 0 radical (unpaired) electrons. The van der Waals surface area contributed by atoms with Gasteiger partial charge in [-0.2, -0.15) is 0 Å². The summed E-state index contributed by atoms with van der Waals surface area (Å²) in [5.41, 5.74) is 1.28. The molecule has 0 atom stereocenters. The summed E-state index contributed by atoms with van der Waals surface area (Å²) in [6, 6.07) is 13.3. The topological polar surface area (TPSA) is 105 Å². The first-order valence-electron chi connectivity index (χ1n) is 11.8. The minimum absolute atomic E-state index is 0.414. The maximum Gasteiger partial charge on any atom is 0.336 e. The fourth-order valence-electron chi connectivity index (χ4n) is 4.44. The fraction of sp³-hybridized carbons (Fsp3) is 0.214. The largest absolute Gasteiger partial charge is 0.492 e. The maximum absolute atomic E-state index is 11.6. The highest BCUT2D eigenvalue weighted by Gasteiger charge is 2.14. The van der Waals surface area contributed by atoms with Gasteiger partial charge in [-0.1, -0.05) is 0 Å². The van der Waals surface area contributed by atoms with Gasteiger partial charge in [0.05, 0.1) is 47.3 Å². The Morgan fingerprint density at radius 2 is 0.972 bits per heavy atom. The third kappa shape index (κ3) is 4.11. The van der Waals surface area contributed by atoms with Crippen LogP contribution in [-0.2, 0) is 0 Å². The van der Waals surface area contributed by atoms with E-state index in [-0.39, 0.29) is 0 Å². The van der Waals surface area contributed by atoms with Crippen molar-refractivity contribution >= 4 is 43.9 Å². The first-order valence-corrected chi connectivity index (χ1v) is 11.8. The average Bonchev–Trinajstić information content (AvgIpc) is 3.53. The van der Waals surface area contributed by atoms with Gasteiger partial charge < -0.3 is 27.1 Å². The lowest BCUT2D eigenvalue weighted by Gasteiger charge is -2.11. The van der Waals surface area contributed by atoms with E-state index in [1.165, 1.54) is 12.1 Å². The van der Waals surface area contributed by atoms with E-state index in [0.717, 1.165) is 47.2 Å². The Morgan fingerprint density at radius 3 is 1.44 bits per heavy atom. The van der Waals surface area contributed by atoms with Crippen LogP contribution in [0.15, 0.2) is 88.3 Å². The third-order valence-corrected chi connectivity index (χ3v) is 6.15. The minimum atomic E-state index is -0.414. The molecule has 0 saturated heterocycles. The van der Waals surface area contributed by atoms with E-state index in [0.29, 0.717) is 47.0 Å². The highest BCUT2D eigenvalue weighted by Crippen LogP contribution is 2.36. The molecule has 182 valence electrons. The molecule has 0 unspecified atom stereocenters. The summed E-state index contributed by atoms with van der Waals surface area (Å²) in [5.74, 6) is 1.32. The van der Waals surface area contributed by atoms with Crippen LogP contribution in [0.2, 0.25) is 0 Å². The normalized spacial score (nSPS) is 11.7. The first-order chi connectivity index (χ1) is 17.7. The molecule has 8 nitrogen and oxygen atoms in total.